The number of hydrogen-bond acceptors (Lipinski definition) is 5. The highest BCUT2D eigenvalue weighted by Crippen LogP contribution is 2.12. The number of anilines is 2. The van der Waals surface area contributed by atoms with E-state index < -0.39 is 0 Å². The smallest absolute Gasteiger partial charge is 0.258 e. The van der Waals surface area contributed by atoms with Gasteiger partial charge in [0.15, 0.2) is 0 Å². The van der Waals surface area contributed by atoms with Gasteiger partial charge in [0, 0.05) is 29.6 Å². The summed E-state index contributed by atoms with van der Waals surface area (Å²) < 4.78 is 0. The lowest BCUT2D eigenvalue weighted by molar-refractivity contribution is 0.102. The molecule has 134 valence electrons. The van der Waals surface area contributed by atoms with E-state index >= 15 is 0 Å². The predicted octanol–water partition coefficient (Wildman–Crippen LogP) is 3.91. The van der Waals surface area contributed by atoms with Crippen molar-refractivity contribution in [2.45, 2.75) is 6.42 Å². The maximum Gasteiger partial charge on any atom is 0.258 e. The van der Waals surface area contributed by atoms with E-state index in [4.69, 9.17) is 16.9 Å². The molecule has 0 atom stereocenters. The Morgan fingerprint density at radius 3 is 2.52 bits per heavy atom. The Kier molecular flexibility index (Phi) is 5.98. The lowest BCUT2D eigenvalue weighted by Crippen LogP contribution is -2.14. The average Bonchev–Trinajstić information content (AvgIpc) is 2.69. The van der Waals surface area contributed by atoms with Crippen LogP contribution >= 0.6 is 11.6 Å². The Labute approximate surface area is 161 Å². The van der Waals surface area contributed by atoms with Crippen molar-refractivity contribution >= 4 is 29.1 Å². The average molecular weight is 378 g/mol. The normalized spacial score (nSPS) is 10.1. The Morgan fingerprint density at radius 1 is 1.11 bits per heavy atom. The van der Waals surface area contributed by atoms with E-state index in [0.29, 0.717) is 34.3 Å². The van der Waals surface area contributed by atoms with Crippen molar-refractivity contribution in [1.82, 2.24) is 9.97 Å². The Bertz CT molecular complexity index is 965. The van der Waals surface area contributed by atoms with Crippen LogP contribution in [0.5, 0.6) is 0 Å². The molecule has 0 saturated carbocycles. The minimum absolute atomic E-state index is 0.315. The van der Waals surface area contributed by atoms with Gasteiger partial charge in [-0.05, 0) is 48.4 Å². The summed E-state index contributed by atoms with van der Waals surface area (Å²) in [5.74, 6) is 0.136. The fourth-order valence-electron chi connectivity index (χ4n) is 2.38. The molecule has 0 aliphatic heterocycles. The van der Waals surface area contributed by atoms with Crippen LogP contribution in [0.4, 0.5) is 11.6 Å². The second-order valence-electron chi connectivity index (χ2n) is 5.75. The first-order chi connectivity index (χ1) is 13.1. The molecule has 0 saturated heterocycles. The molecule has 0 unspecified atom stereocenters. The Morgan fingerprint density at radius 2 is 1.85 bits per heavy atom. The van der Waals surface area contributed by atoms with Gasteiger partial charge >= 0.3 is 0 Å². The predicted molar refractivity (Wildman–Crippen MR) is 105 cm³/mol. The molecule has 1 aromatic heterocycles. The van der Waals surface area contributed by atoms with Crippen LogP contribution in [-0.2, 0) is 6.42 Å². The van der Waals surface area contributed by atoms with Gasteiger partial charge in [-0.3, -0.25) is 4.79 Å². The molecular weight excluding hydrogens is 362 g/mol. The third-order valence-corrected chi connectivity index (χ3v) is 4.01. The highest BCUT2D eigenvalue weighted by atomic mass is 35.5. The largest absolute Gasteiger partial charge is 0.354 e. The summed E-state index contributed by atoms with van der Waals surface area (Å²) in [6.45, 7) is 0.650. The van der Waals surface area contributed by atoms with E-state index in [-0.39, 0.29) is 5.91 Å². The molecule has 2 aromatic carbocycles. The number of nitrogens with one attached hydrogen (secondary N) is 2. The molecule has 3 aromatic rings. The third kappa shape index (κ3) is 5.27. The van der Waals surface area contributed by atoms with E-state index in [1.165, 1.54) is 12.4 Å². The number of amides is 1. The molecule has 0 fully saturated rings. The number of carbonyl (C=O) groups is 1. The van der Waals surface area contributed by atoms with Gasteiger partial charge in [0.05, 0.1) is 17.2 Å². The first-order valence-electron chi connectivity index (χ1n) is 8.26. The number of nitriles is 1. The molecule has 1 amide bonds. The molecule has 27 heavy (non-hydrogen) atoms. The van der Waals surface area contributed by atoms with Crippen molar-refractivity contribution in [3.8, 4) is 6.07 Å². The number of carbonyl (C=O) groups excluding carboxylic acids is 1. The third-order valence-electron chi connectivity index (χ3n) is 3.77. The van der Waals surface area contributed by atoms with Gasteiger partial charge in [-0.15, -0.1) is 0 Å². The number of benzene rings is 2. The molecule has 3 rings (SSSR count). The van der Waals surface area contributed by atoms with Gasteiger partial charge in [0.1, 0.15) is 0 Å². The standard InChI is InChI=1S/C20H16ClN5O/c21-17-3-1-2-14(10-17)8-9-23-20-24-12-16(13-25-20)19(27)26-18-6-4-15(11-22)5-7-18/h1-7,10,12-13H,8-9H2,(H,26,27)(H,23,24,25). The maximum atomic E-state index is 12.2. The molecule has 7 heteroatoms. The van der Waals surface area contributed by atoms with Gasteiger partial charge in [-0.2, -0.15) is 5.26 Å². The maximum absolute atomic E-state index is 12.2. The monoisotopic (exact) mass is 377 g/mol. The van der Waals surface area contributed by atoms with Crippen LogP contribution < -0.4 is 10.6 Å². The van der Waals surface area contributed by atoms with Crippen molar-refractivity contribution in [3.63, 3.8) is 0 Å². The first-order valence-corrected chi connectivity index (χ1v) is 8.64. The van der Waals surface area contributed by atoms with E-state index in [9.17, 15) is 4.79 Å². The topological polar surface area (TPSA) is 90.7 Å². The van der Waals surface area contributed by atoms with Crippen LogP contribution in [0.3, 0.4) is 0 Å². The van der Waals surface area contributed by atoms with Crippen LogP contribution in [0, 0.1) is 11.3 Å². The Balaban J connectivity index is 1.53. The van der Waals surface area contributed by atoms with E-state index in [2.05, 4.69) is 20.6 Å². The molecule has 2 N–H and O–H groups in total. The molecule has 1 heterocycles. The zero-order chi connectivity index (χ0) is 19.1. The molecular formula is C20H16ClN5O. The van der Waals surface area contributed by atoms with E-state index in [0.717, 1.165) is 12.0 Å². The molecule has 0 aliphatic rings. The summed E-state index contributed by atoms with van der Waals surface area (Å²) in [5.41, 5.74) is 2.60. The summed E-state index contributed by atoms with van der Waals surface area (Å²) in [7, 11) is 0. The van der Waals surface area contributed by atoms with Gasteiger partial charge in [-0.25, -0.2) is 9.97 Å². The SMILES string of the molecule is N#Cc1ccc(NC(=O)c2cnc(NCCc3cccc(Cl)c3)nc2)cc1. The van der Waals surface area contributed by atoms with Crippen LogP contribution in [0.2, 0.25) is 5.02 Å². The quantitative estimate of drug-likeness (QED) is 0.679. The summed E-state index contributed by atoms with van der Waals surface area (Å²) in [6, 6.07) is 16.3. The first kappa shape index (κ1) is 18.4. The lowest BCUT2D eigenvalue weighted by Gasteiger charge is -2.07. The van der Waals surface area contributed by atoms with Crippen molar-refractivity contribution in [3.05, 3.63) is 82.6 Å². The van der Waals surface area contributed by atoms with Crippen molar-refractivity contribution in [2.75, 3.05) is 17.2 Å². The lowest BCUT2D eigenvalue weighted by atomic mass is 10.1. The molecule has 0 radical (unpaired) electrons. The van der Waals surface area contributed by atoms with Crippen LogP contribution in [0.1, 0.15) is 21.5 Å². The summed E-state index contributed by atoms with van der Waals surface area (Å²) in [6.07, 6.45) is 3.71. The fourth-order valence-corrected chi connectivity index (χ4v) is 2.59. The summed E-state index contributed by atoms with van der Waals surface area (Å²) >= 11 is 5.96. The summed E-state index contributed by atoms with van der Waals surface area (Å²) in [4.78, 5) is 20.6. The zero-order valence-electron chi connectivity index (χ0n) is 14.3. The van der Waals surface area contributed by atoms with E-state index in [1.807, 2.05) is 30.3 Å². The number of hydrogen-bond donors (Lipinski definition) is 2. The van der Waals surface area contributed by atoms with Gasteiger partial charge < -0.3 is 10.6 Å². The van der Waals surface area contributed by atoms with Crippen molar-refractivity contribution in [2.24, 2.45) is 0 Å². The number of nitrogens with zero attached hydrogens (tertiary/aromatic N) is 3. The number of halogens is 1. The highest BCUT2D eigenvalue weighted by Gasteiger charge is 2.08. The van der Waals surface area contributed by atoms with Crippen molar-refractivity contribution < 1.29 is 4.79 Å². The van der Waals surface area contributed by atoms with Crippen LogP contribution in [-0.4, -0.2) is 22.4 Å². The Hall–Kier alpha value is -3.43. The van der Waals surface area contributed by atoms with Crippen LogP contribution in [0.15, 0.2) is 60.9 Å². The van der Waals surface area contributed by atoms with Gasteiger partial charge in [-0.1, -0.05) is 23.7 Å². The summed E-state index contributed by atoms with van der Waals surface area (Å²) in [5, 5.41) is 15.3. The number of rotatable bonds is 6. The molecule has 6 nitrogen and oxygen atoms in total. The van der Waals surface area contributed by atoms with Crippen molar-refractivity contribution in [1.29, 1.82) is 5.26 Å². The molecule has 0 bridgehead atoms. The van der Waals surface area contributed by atoms with Gasteiger partial charge in [0.25, 0.3) is 5.91 Å². The number of aromatic nitrogens is 2. The molecule has 0 spiro atoms. The highest BCUT2D eigenvalue weighted by molar-refractivity contribution is 6.30. The van der Waals surface area contributed by atoms with Crippen LogP contribution in [0.25, 0.3) is 0 Å². The second-order valence-corrected chi connectivity index (χ2v) is 6.18. The van der Waals surface area contributed by atoms with E-state index in [1.54, 1.807) is 24.3 Å². The van der Waals surface area contributed by atoms with Gasteiger partial charge in [0.2, 0.25) is 5.95 Å². The molecule has 0 aliphatic carbocycles. The zero-order valence-corrected chi connectivity index (χ0v) is 15.1. The fraction of sp³-hybridized carbons (Fsp3) is 0.100. The minimum Gasteiger partial charge on any atom is -0.354 e. The second kappa shape index (κ2) is 8.79. The minimum atomic E-state index is -0.315.